The van der Waals surface area contributed by atoms with Crippen molar-refractivity contribution in [1.82, 2.24) is 9.80 Å². The van der Waals surface area contributed by atoms with Crippen molar-refractivity contribution in [3.05, 3.63) is 0 Å². The number of hydrogen-bond acceptors (Lipinski definition) is 2. The third kappa shape index (κ3) is 12.5. The lowest BCUT2D eigenvalue weighted by Crippen LogP contribution is -2.35. The fourth-order valence-corrected chi connectivity index (χ4v) is 1.79. The summed E-state index contributed by atoms with van der Waals surface area (Å²) in [5.74, 6) is 0. The van der Waals surface area contributed by atoms with Crippen LogP contribution in [0, 0.1) is 10.8 Å². The highest BCUT2D eigenvalue weighted by Crippen LogP contribution is 2.00. The highest BCUT2D eigenvalue weighted by atomic mass is 35.5. The van der Waals surface area contributed by atoms with Gasteiger partial charge in [0.25, 0.3) is 0 Å². The van der Waals surface area contributed by atoms with Crippen molar-refractivity contribution in [3.8, 4) is 0 Å². The molecule has 0 aliphatic rings. The molecule has 0 aliphatic carbocycles. The monoisotopic (exact) mass is 328 g/mol. The van der Waals surface area contributed by atoms with Gasteiger partial charge in [-0.3, -0.25) is 10.8 Å². The van der Waals surface area contributed by atoms with Gasteiger partial charge in [-0.1, -0.05) is 0 Å². The molecule has 2 N–H and O–H groups in total. The van der Waals surface area contributed by atoms with Crippen molar-refractivity contribution in [2.24, 2.45) is 0 Å². The van der Waals surface area contributed by atoms with Crippen LogP contribution < -0.4 is 0 Å². The molecule has 124 valence electrons. The van der Waals surface area contributed by atoms with Crippen LogP contribution in [0.4, 0.5) is 0 Å². The third-order valence-electron chi connectivity index (χ3n) is 2.68. The Hall–Kier alpha value is -0.480. The molecule has 0 saturated heterocycles. The quantitative estimate of drug-likeness (QED) is 0.565. The Kier molecular flexibility index (Phi) is 20.7. The largest absolute Gasteiger partial charge is 0.358 e. The normalized spacial score (nSPS) is 9.40. The number of halogens is 2. The molecule has 4 nitrogen and oxygen atoms in total. The minimum absolute atomic E-state index is 0. The van der Waals surface area contributed by atoms with Gasteiger partial charge in [0.1, 0.15) is 0 Å². The summed E-state index contributed by atoms with van der Waals surface area (Å²) in [6, 6.07) is 1.79. The zero-order valence-electron chi connectivity index (χ0n) is 14.2. The molecular formula is C14H34Cl2N4. The van der Waals surface area contributed by atoms with Gasteiger partial charge >= 0.3 is 0 Å². The summed E-state index contributed by atoms with van der Waals surface area (Å²) in [6.07, 6.45) is 2.80. The molecule has 0 rings (SSSR count). The maximum absolute atomic E-state index is 7.02. The van der Waals surface area contributed by atoms with Crippen LogP contribution in [0.15, 0.2) is 0 Å². The molecule has 0 aromatic heterocycles. The zero-order valence-corrected chi connectivity index (χ0v) is 15.8. The number of nitrogens with zero attached hydrogens (tertiary/aromatic N) is 2. The van der Waals surface area contributed by atoms with Gasteiger partial charge in [0.2, 0.25) is 0 Å². The fourth-order valence-electron chi connectivity index (χ4n) is 1.79. The first-order valence-corrected chi connectivity index (χ1v) is 6.75. The van der Waals surface area contributed by atoms with Crippen molar-refractivity contribution in [2.45, 2.75) is 79.6 Å². The molecule has 0 atom stereocenters. The van der Waals surface area contributed by atoms with E-state index in [2.05, 4.69) is 55.4 Å². The molecule has 0 unspecified atom stereocenters. The predicted molar refractivity (Wildman–Crippen MR) is 96.3 cm³/mol. The Morgan fingerprint density at radius 3 is 0.700 bits per heavy atom. The van der Waals surface area contributed by atoms with Crippen LogP contribution in [-0.2, 0) is 0 Å². The van der Waals surface area contributed by atoms with E-state index < -0.39 is 0 Å². The lowest BCUT2D eigenvalue weighted by molar-refractivity contribution is 0.300. The number of nitrogens with one attached hydrogen (secondary N) is 2. The van der Waals surface area contributed by atoms with Gasteiger partial charge in [0.15, 0.2) is 0 Å². The number of rotatable bonds is 6. The molecule has 20 heavy (non-hydrogen) atoms. The average Bonchev–Trinajstić information content (AvgIpc) is 2.17. The fraction of sp³-hybridized carbons (Fsp3) is 0.857. The molecular weight excluding hydrogens is 295 g/mol. The second-order valence-electron chi connectivity index (χ2n) is 5.53. The molecule has 0 aromatic carbocycles. The van der Waals surface area contributed by atoms with Crippen molar-refractivity contribution in [1.29, 1.82) is 10.8 Å². The van der Waals surface area contributed by atoms with Crippen LogP contribution in [0.3, 0.4) is 0 Å². The standard InChI is InChI=1S/2C7H16N2.2ClH/c2*1-6(2)9(5-8)7(3)4;;/h2*5-8H,1-4H3;2*1H. The molecule has 0 saturated carbocycles. The lowest BCUT2D eigenvalue weighted by Gasteiger charge is -2.27. The van der Waals surface area contributed by atoms with Gasteiger partial charge in [-0.05, 0) is 55.4 Å². The Balaban J connectivity index is -0.000000116. The van der Waals surface area contributed by atoms with E-state index in [4.69, 9.17) is 10.8 Å². The van der Waals surface area contributed by atoms with Crippen molar-refractivity contribution in [3.63, 3.8) is 0 Å². The van der Waals surface area contributed by atoms with Gasteiger partial charge in [-0.2, -0.15) is 0 Å². The average molecular weight is 329 g/mol. The van der Waals surface area contributed by atoms with Crippen LogP contribution in [0.25, 0.3) is 0 Å². The van der Waals surface area contributed by atoms with Crippen LogP contribution in [0.5, 0.6) is 0 Å². The molecule has 0 heterocycles. The third-order valence-corrected chi connectivity index (χ3v) is 2.68. The maximum Gasteiger partial charge on any atom is 0.0821 e. The summed E-state index contributed by atoms with van der Waals surface area (Å²) >= 11 is 0. The Labute approximate surface area is 138 Å². The molecule has 0 aromatic rings. The smallest absolute Gasteiger partial charge is 0.0821 e. The molecule has 0 fully saturated rings. The van der Waals surface area contributed by atoms with Crippen LogP contribution >= 0.6 is 24.8 Å². The molecule has 6 heteroatoms. The minimum Gasteiger partial charge on any atom is -0.358 e. The van der Waals surface area contributed by atoms with E-state index in [0.717, 1.165) is 0 Å². The molecule has 0 spiro atoms. The number of hydrogen-bond donors (Lipinski definition) is 2. The molecule has 0 bridgehead atoms. The van der Waals surface area contributed by atoms with Crippen molar-refractivity contribution in [2.75, 3.05) is 0 Å². The topological polar surface area (TPSA) is 54.2 Å². The first-order valence-electron chi connectivity index (χ1n) is 6.75. The summed E-state index contributed by atoms with van der Waals surface area (Å²) < 4.78 is 0. The van der Waals surface area contributed by atoms with E-state index in [-0.39, 0.29) is 24.8 Å². The van der Waals surface area contributed by atoms with Gasteiger partial charge in [-0.15, -0.1) is 24.8 Å². The highest BCUT2D eigenvalue weighted by molar-refractivity contribution is 5.85. The lowest BCUT2D eigenvalue weighted by atomic mass is 10.2. The van der Waals surface area contributed by atoms with Crippen LogP contribution in [0.1, 0.15) is 55.4 Å². The van der Waals surface area contributed by atoms with Gasteiger partial charge in [0.05, 0.1) is 12.7 Å². The van der Waals surface area contributed by atoms with Crippen molar-refractivity contribution < 1.29 is 0 Å². The molecule has 0 radical (unpaired) electrons. The van der Waals surface area contributed by atoms with E-state index in [9.17, 15) is 0 Å². The van der Waals surface area contributed by atoms with E-state index in [1.165, 1.54) is 12.7 Å². The van der Waals surface area contributed by atoms with E-state index >= 15 is 0 Å². The summed E-state index contributed by atoms with van der Waals surface area (Å²) in [5, 5.41) is 14.0. The second-order valence-corrected chi connectivity index (χ2v) is 5.53. The molecule has 0 aliphatic heterocycles. The summed E-state index contributed by atoms with van der Waals surface area (Å²) in [4.78, 5) is 4.00. The summed E-state index contributed by atoms with van der Waals surface area (Å²) in [7, 11) is 0. The Morgan fingerprint density at radius 1 is 0.550 bits per heavy atom. The SMILES string of the molecule is CC(C)N(C=N)C(C)C.CC(C)N(C=N)C(C)C.Cl.Cl. The Bertz CT molecular complexity index is 191. The summed E-state index contributed by atoms with van der Waals surface area (Å²) in [6.45, 7) is 16.7. The van der Waals surface area contributed by atoms with E-state index in [1.807, 2.05) is 9.80 Å². The first-order chi connectivity index (χ1) is 8.18. The first kappa shape index (κ1) is 27.8. The predicted octanol–water partition coefficient (Wildman–Crippen LogP) is 4.27. The van der Waals surface area contributed by atoms with Gasteiger partial charge in [-0.25, -0.2) is 0 Å². The van der Waals surface area contributed by atoms with E-state index in [0.29, 0.717) is 24.2 Å². The highest BCUT2D eigenvalue weighted by Gasteiger charge is 2.07. The molecule has 0 amide bonds. The van der Waals surface area contributed by atoms with Crippen LogP contribution in [0.2, 0.25) is 0 Å². The Morgan fingerprint density at radius 2 is 0.700 bits per heavy atom. The van der Waals surface area contributed by atoms with E-state index in [1.54, 1.807) is 0 Å². The zero-order chi connectivity index (χ0) is 14.9. The van der Waals surface area contributed by atoms with Crippen molar-refractivity contribution >= 4 is 37.5 Å². The minimum atomic E-state index is 0. The van der Waals surface area contributed by atoms with Gasteiger partial charge in [0, 0.05) is 24.2 Å². The summed E-state index contributed by atoms with van der Waals surface area (Å²) in [5.41, 5.74) is 0. The maximum atomic E-state index is 7.02. The second kappa shape index (κ2) is 14.9. The van der Waals surface area contributed by atoms with Crippen LogP contribution in [-0.4, -0.2) is 46.6 Å². The van der Waals surface area contributed by atoms with Gasteiger partial charge < -0.3 is 9.80 Å².